The van der Waals surface area contributed by atoms with Crippen LogP contribution >= 0.6 is 34.4 Å². The summed E-state index contributed by atoms with van der Waals surface area (Å²) in [4.78, 5) is 34.1. The molecule has 0 spiro atoms. The van der Waals surface area contributed by atoms with Gasteiger partial charge < -0.3 is 0 Å². The first-order valence-electron chi connectivity index (χ1n) is 11.1. The summed E-state index contributed by atoms with van der Waals surface area (Å²) in [6.45, 7) is 4.02. The van der Waals surface area contributed by atoms with Crippen molar-refractivity contribution in [2.75, 3.05) is 5.75 Å². The first kappa shape index (κ1) is 23.0. The van der Waals surface area contributed by atoms with Gasteiger partial charge >= 0.3 is 0 Å². The Kier molecular flexibility index (Phi) is 6.67. The molecular formula is C25H24N4O2S3. The number of nitrogens with zero attached hydrogens (tertiary/aromatic N) is 3. The number of thiophene rings is 2. The molecular weight excluding hydrogens is 485 g/mol. The number of aromatic nitrogens is 2. The second kappa shape index (κ2) is 9.85. The third kappa shape index (κ3) is 4.60. The van der Waals surface area contributed by atoms with Crippen molar-refractivity contribution in [1.82, 2.24) is 15.0 Å². The fourth-order valence-corrected chi connectivity index (χ4v) is 6.94. The fraction of sp³-hybridized carbons (Fsp3) is 0.280. The van der Waals surface area contributed by atoms with Crippen molar-refractivity contribution in [3.05, 3.63) is 72.5 Å². The van der Waals surface area contributed by atoms with Crippen molar-refractivity contribution in [3.63, 3.8) is 0 Å². The standard InChI is InChI=1S/C25H24N4O2S3/c1-15-7-9-17(10-8-15)29-24(31)22-18-5-3-4-6-19(18)34-23(22)27-25(29)33-14-21(30)28-26-13-20-16(2)11-12-32-20/h7-13H,3-6,14H2,1-2H3,(H,28,30)/b26-13+. The molecule has 0 atom stereocenters. The fourth-order valence-electron chi connectivity index (χ4n) is 4.05. The van der Waals surface area contributed by atoms with Crippen LogP contribution in [0.5, 0.6) is 0 Å². The molecule has 3 heterocycles. The number of carbonyl (C=O) groups is 1. The van der Waals surface area contributed by atoms with Crippen molar-refractivity contribution in [2.45, 2.75) is 44.7 Å². The summed E-state index contributed by atoms with van der Waals surface area (Å²) in [5, 5.41) is 7.33. The molecule has 9 heteroatoms. The van der Waals surface area contributed by atoms with Crippen molar-refractivity contribution in [1.29, 1.82) is 0 Å². The lowest BCUT2D eigenvalue weighted by molar-refractivity contribution is -0.118. The van der Waals surface area contributed by atoms with E-state index in [1.54, 1.807) is 33.5 Å². The molecule has 1 aromatic carbocycles. The number of hydrazone groups is 1. The molecule has 0 saturated carbocycles. The molecule has 0 bridgehead atoms. The van der Waals surface area contributed by atoms with Crippen LogP contribution in [0.1, 0.15) is 39.3 Å². The first-order chi connectivity index (χ1) is 16.5. The molecule has 34 heavy (non-hydrogen) atoms. The van der Waals surface area contributed by atoms with Crippen LogP contribution in [0.15, 0.2) is 50.8 Å². The van der Waals surface area contributed by atoms with E-state index in [1.165, 1.54) is 16.6 Å². The summed E-state index contributed by atoms with van der Waals surface area (Å²) in [6.07, 6.45) is 5.85. The smallest absolute Gasteiger partial charge is 0.267 e. The van der Waals surface area contributed by atoms with Gasteiger partial charge in [0, 0.05) is 9.75 Å². The van der Waals surface area contributed by atoms with Crippen LogP contribution in [-0.2, 0) is 17.6 Å². The van der Waals surface area contributed by atoms with Crippen LogP contribution < -0.4 is 11.0 Å². The summed E-state index contributed by atoms with van der Waals surface area (Å²) >= 11 is 4.45. The minimum Gasteiger partial charge on any atom is -0.272 e. The van der Waals surface area contributed by atoms with Gasteiger partial charge in [-0.25, -0.2) is 10.4 Å². The van der Waals surface area contributed by atoms with E-state index in [9.17, 15) is 9.59 Å². The van der Waals surface area contributed by atoms with Crippen LogP contribution in [-0.4, -0.2) is 27.4 Å². The van der Waals surface area contributed by atoms with Crippen molar-refractivity contribution in [3.8, 4) is 5.69 Å². The summed E-state index contributed by atoms with van der Waals surface area (Å²) in [5.41, 5.74) is 6.69. The molecule has 1 aliphatic rings. The Balaban J connectivity index is 1.45. The predicted molar refractivity (Wildman–Crippen MR) is 142 cm³/mol. The van der Waals surface area contributed by atoms with E-state index in [1.807, 2.05) is 49.6 Å². The van der Waals surface area contributed by atoms with Gasteiger partial charge in [-0.15, -0.1) is 22.7 Å². The molecule has 3 aromatic heterocycles. The molecule has 5 rings (SSSR count). The van der Waals surface area contributed by atoms with Gasteiger partial charge in [-0.1, -0.05) is 29.5 Å². The molecule has 1 aliphatic carbocycles. The second-order valence-corrected chi connectivity index (χ2v) is 11.3. The maximum atomic E-state index is 13.7. The van der Waals surface area contributed by atoms with Gasteiger partial charge in [-0.2, -0.15) is 5.10 Å². The highest BCUT2D eigenvalue weighted by atomic mass is 32.2. The molecule has 1 N–H and O–H groups in total. The quantitative estimate of drug-likeness (QED) is 0.167. The van der Waals surface area contributed by atoms with E-state index in [-0.39, 0.29) is 17.2 Å². The van der Waals surface area contributed by atoms with Gasteiger partial charge in [0.2, 0.25) is 0 Å². The lowest BCUT2D eigenvalue weighted by Gasteiger charge is -2.13. The minimum atomic E-state index is -0.245. The highest BCUT2D eigenvalue weighted by molar-refractivity contribution is 7.99. The van der Waals surface area contributed by atoms with Gasteiger partial charge in [-0.3, -0.25) is 14.2 Å². The summed E-state index contributed by atoms with van der Waals surface area (Å²) < 4.78 is 1.65. The largest absolute Gasteiger partial charge is 0.272 e. The van der Waals surface area contributed by atoms with Crippen LogP contribution in [0.4, 0.5) is 0 Å². The number of hydrogen-bond donors (Lipinski definition) is 1. The first-order valence-corrected chi connectivity index (χ1v) is 13.8. The molecule has 6 nitrogen and oxygen atoms in total. The Morgan fingerprint density at radius 3 is 2.76 bits per heavy atom. The van der Waals surface area contributed by atoms with Crippen LogP contribution in [0.2, 0.25) is 0 Å². The zero-order chi connectivity index (χ0) is 23.7. The highest BCUT2D eigenvalue weighted by Crippen LogP contribution is 2.35. The Labute approximate surface area is 209 Å². The Bertz CT molecular complexity index is 1450. The van der Waals surface area contributed by atoms with Crippen LogP contribution in [0.3, 0.4) is 0 Å². The number of amides is 1. The van der Waals surface area contributed by atoms with Gasteiger partial charge in [-0.05, 0) is 74.2 Å². The molecule has 1 amide bonds. The molecule has 0 aliphatic heterocycles. The molecule has 0 fully saturated rings. The average molecular weight is 509 g/mol. The lowest BCUT2D eigenvalue weighted by Crippen LogP contribution is -2.24. The van der Waals surface area contributed by atoms with Gasteiger partial charge in [0.25, 0.3) is 11.5 Å². The summed E-state index contributed by atoms with van der Waals surface area (Å²) in [7, 11) is 0. The number of aryl methyl sites for hydroxylation is 4. The minimum absolute atomic E-state index is 0.0534. The van der Waals surface area contributed by atoms with Crippen molar-refractivity contribution in [2.24, 2.45) is 5.10 Å². The van der Waals surface area contributed by atoms with Crippen molar-refractivity contribution < 1.29 is 4.79 Å². The van der Waals surface area contributed by atoms with Gasteiger partial charge in [0.1, 0.15) is 4.83 Å². The number of fused-ring (bicyclic) bond motifs is 3. The number of benzene rings is 1. The van der Waals surface area contributed by atoms with E-state index in [4.69, 9.17) is 4.98 Å². The molecule has 0 saturated heterocycles. The number of carbonyl (C=O) groups excluding carboxylic acids is 1. The zero-order valence-electron chi connectivity index (χ0n) is 19.0. The maximum absolute atomic E-state index is 13.7. The Morgan fingerprint density at radius 1 is 1.21 bits per heavy atom. The SMILES string of the molecule is Cc1ccc(-n2c(SCC(=O)N/N=C/c3sccc3C)nc3sc4c(c3c2=O)CCCC4)cc1. The topological polar surface area (TPSA) is 76.3 Å². The molecule has 4 aromatic rings. The zero-order valence-corrected chi connectivity index (χ0v) is 21.4. The van der Waals surface area contributed by atoms with E-state index in [2.05, 4.69) is 10.5 Å². The average Bonchev–Trinajstić information content (AvgIpc) is 3.41. The van der Waals surface area contributed by atoms with E-state index in [0.29, 0.717) is 5.16 Å². The second-order valence-electron chi connectivity index (χ2n) is 8.31. The Morgan fingerprint density at radius 2 is 2.00 bits per heavy atom. The summed E-state index contributed by atoms with van der Waals surface area (Å²) in [5.74, 6) is -0.138. The number of thioether (sulfide) groups is 1. The maximum Gasteiger partial charge on any atom is 0.267 e. The number of rotatable bonds is 6. The van der Waals surface area contributed by atoms with Gasteiger partial charge in [0.15, 0.2) is 5.16 Å². The molecule has 0 radical (unpaired) electrons. The third-order valence-electron chi connectivity index (χ3n) is 5.86. The van der Waals surface area contributed by atoms with Crippen LogP contribution in [0, 0.1) is 13.8 Å². The van der Waals surface area contributed by atoms with Gasteiger partial charge in [0.05, 0.1) is 23.0 Å². The molecule has 174 valence electrons. The monoisotopic (exact) mass is 508 g/mol. The predicted octanol–water partition coefficient (Wildman–Crippen LogP) is 5.25. The lowest BCUT2D eigenvalue weighted by atomic mass is 9.97. The van der Waals surface area contributed by atoms with Crippen molar-refractivity contribution >= 4 is 56.8 Å². The van der Waals surface area contributed by atoms with E-state index >= 15 is 0 Å². The third-order valence-corrected chi connectivity index (χ3v) is 8.93. The van der Waals surface area contributed by atoms with Crippen LogP contribution in [0.25, 0.3) is 15.9 Å². The number of hydrogen-bond acceptors (Lipinski definition) is 7. The highest BCUT2D eigenvalue weighted by Gasteiger charge is 2.23. The summed E-state index contributed by atoms with van der Waals surface area (Å²) in [6, 6.07) is 9.84. The number of nitrogens with one attached hydrogen (secondary N) is 1. The Hall–Kier alpha value is -2.75. The normalized spacial score (nSPS) is 13.5. The van der Waals surface area contributed by atoms with E-state index < -0.39 is 0 Å². The molecule has 0 unspecified atom stereocenters. The van der Waals surface area contributed by atoms with E-state index in [0.717, 1.165) is 63.2 Å².